The molecule has 39 heavy (non-hydrogen) atoms. The van der Waals surface area contributed by atoms with Crippen molar-refractivity contribution >= 4 is 35.3 Å². The summed E-state index contributed by atoms with van der Waals surface area (Å²) >= 11 is 0. The van der Waals surface area contributed by atoms with Crippen LogP contribution in [0.1, 0.15) is 92.9 Å². The van der Waals surface area contributed by atoms with Crippen molar-refractivity contribution in [3.63, 3.8) is 0 Å². The standard InChI is InChI=1S/C26H41N5O6.C2H6/c1-5-16(19(32)15-10-11-15)29-25(37)30-21(26(2,3)4)24(36)31-12-6-7-18(31)23(35)28-17(13-14-8-9-14)20(33)22(27)34;1-2/h14-18,21H,5-13H2,1-4H3,(H2,27,34)(H,28,35)(H2,29,30,37);1-2H3. The van der Waals surface area contributed by atoms with Gasteiger partial charge in [0.05, 0.1) is 12.1 Å². The molecule has 11 heteroatoms. The van der Waals surface area contributed by atoms with Gasteiger partial charge in [0, 0.05) is 12.5 Å². The number of amides is 5. The van der Waals surface area contributed by atoms with Crippen molar-refractivity contribution in [1.82, 2.24) is 20.9 Å². The molecule has 3 fully saturated rings. The van der Waals surface area contributed by atoms with Gasteiger partial charge < -0.3 is 26.6 Å². The minimum atomic E-state index is -1.10. The number of rotatable bonds is 12. The number of Topliss-reactive ketones (excluding diaryl/α,β-unsaturated/α-hetero) is 2. The van der Waals surface area contributed by atoms with Crippen LogP contribution in [-0.4, -0.2) is 70.9 Å². The molecule has 0 bridgehead atoms. The third kappa shape index (κ3) is 9.03. The summed E-state index contributed by atoms with van der Waals surface area (Å²) in [5.41, 5.74) is 4.50. The summed E-state index contributed by atoms with van der Waals surface area (Å²) in [6.07, 6.45) is 5.32. The van der Waals surface area contributed by atoms with Crippen molar-refractivity contribution in [3.8, 4) is 0 Å². The lowest BCUT2D eigenvalue weighted by atomic mass is 9.85. The summed E-state index contributed by atoms with van der Waals surface area (Å²) in [4.78, 5) is 77.3. The minimum Gasteiger partial charge on any atom is -0.363 e. The second-order valence-electron chi connectivity index (χ2n) is 11.7. The largest absolute Gasteiger partial charge is 0.363 e. The van der Waals surface area contributed by atoms with Crippen LogP contribution in [0.3, 0.4) is 0 Å². The average Bonchev–Trinajstić information content (AvgIpc) is 3.83. The molecule has 4 atom stereocenters. The predicted octanol–water partition coefficient (Wildman–Crippen LogP) is 1.81. The van der Waals surface area contributed by atoms with Crippen LogP contribution in [0.25, 0.3) is 0 Å². The van der Waals surface area contributed by atoms with Crippen LogP contribution in [0.2, 0.25) is 0 Å². The van der Waals surface area contributed by atoms with E-state index in [1.807, 2.05) is 41.5 Å². The maximum Gasteiger partial charge on any atom is 0.316 e. The van der Waals surface area contributed by atoms with Gasteiger partial charge in [-0.05, 0) is 49.9 Å². The molecule has 0 aromatic heterocycles. The Balaban J connectivity index is 0.00000260. The molecule has 3 rings (SSSR count). The van der Waals surface area contributed by atoms with Crippen LogP contribution in [0.15, 0.2) is 0 Å². The molecule has 0 aromatic carbocycles. The summed E-state index contributed by atoms with van der Waals surface area (Å²) in [6, 6.07) is -4.01. The molecule has 2 aliphatic carbocycles. The zero-order valence-corrected chi connectivity index (χ0v) is 24.3. The van der Waals surface area contributed by atoms with E-state index in [9.17, 15) is 28.8 Å². The fourth-order valence-corrected chi connectivity index (χ4v) is 4.83. The molecule has 2 saturated carbocycles. The van der Waals surface area contributed by atoms with E-state index in [0.29, 0.717) is 32.2 Å². The zero-order chi connectivity index (χ0) is 29.5. The number of ketones is 2. The summed E-state index contributed by atoms with van der Waals surface area (Å²) in [5, 5.41) is 8.11. The number of nitrogens with one attached hydrogen (secondary N) is 3. The van der Waals surface area contributed by atoms with Crippen molar-refractivity contribution < 1.29 is 28.8 Å². The van der Waals surface area contributed by atoms with Gasteiger partial charge >= 0.3 is 6.03 Å². The van der Waals surface area contributed by atoms with Crippen LogP contribution in [0.4, 0.5) is 4.79 Å². The van der Waals surface area contributed by atoms with Gasteiger partial charge in [0.2, 0.25) is 17.6 Å². The molecule has 3 aliphatic rings. The van der Waals surface area contributed by atoms with Gasteiger partial charge in [-0.3, -0.25) is 24.0 Å². The van der Waals surface area contributed by atoms with E-state index in [1.54, 1.807) is 0 Å². The lowest BCUT2D eigenvalue weighted by Crippen LogP contribution is -2.60. The first-order valence-electron chi connectivity index (χ1n) is 14.4. The molecule has 5 amide bonds. The Morgan fingerprint density at radius 2 is 1.51 bits per heavy atom. The van der Waals surface area contributed by atoms with E-state index in [2.05, 4.69) is 16.0 Å². The molecular weight excluding hydrogens is 502 g/mol. The molecule has 0 spiro atoms. The van der Waals surface area contributed by atoms with Gasteiger partial charge in [0.25, 0.3) is 5.91 Å². The Labute approximate surface area is 231 Å². The first-order valence-corrected chi connectivity index (χ1v) is 14.4. The molecule has 1 aliphatic heterocycles. The Hall–Kier alpha value is -2.98. The molecule has 0 radical (unpaired) electrons. The average molecular weight is 550 g/mol. The summed E-state index contributed by atoms with van der Waals surface area (Å²) in [6.45, 7) is 11.6. The van der Waals surface area contributed by atoms with Crippen LogP contribution in [0.5, 0.6) is 0 Å². The third-order valence-corrected chi connectivity index (χ3v) is 7.41. The second kappa shape index (κ2) is 13.9. The van der Waals surface area contributed by atoms with Gasteiger partial charge in [-0.2, -0.15) is 0 Å². The third-order valence-electron chi connectivity index (χ3n) is 7.41. The Morgan fingerprint density at radius 3 is 2.00 bits per heavy atom. The van der Waals surface area contributed by atoms with E-state index in [1.165, 1.54) is 4.90 Å². The molecule has 11 nitrogen and oxygen atoms in total. The number of hydrogen-bond acceptors (Lipinski definition) is 6. The molecular formula is C28H47N5O6. The number of carbonyl (C=O) groups is 6. The van der Waals surface area contributed by atoms with Gasteiger partial charge in [0.1, 0.15) is 12.1 Å². The van der Waals surface area contributed by atoms with E-state index in [4.69, 9.17) is 5.73 Å². The van der Waals surface area contributed by atoms with Crippen molar-refractivity contribution in [2.24, 2.45) is 23.0 Å². The predicted molar refractivity (Wildman–Crippen MR) is 146 cm³/mol. The quantitative estimate of drug-likeness (QED) is 0.271. The van der Waals surface area contributed by atoms with Gasteiger partial charge in [-0.15, -0.1) is 0 Å². The normalized spacial score (nSPS) is 21.0. The van der Waals surface area contributed by atoms with Crippen LogP contribution in [0, 0.1) is 17.3 Å². The van der Waals surface area contributed by atoms with Crippen molar-refractivity contribution in [2.45, 2.75) is 117 Å². The van der Waals surface area contributed by atoms with Gasteiger partial charge in [-0.1, -0.05) is 54.4 Å². The minimum absolute atomic E-state index is 0.000600. The molecule has 1 heterocycles. The number of nitrogens with zero attached hydrogens (tertiary/aromatic N) is 1. The van der Waals surface area contributed by atoms with E-state index in [0.717, 1.165) is 25.7 Å². The Kier molecular flexibility index (Phi) is 11.5. The van der Waals surface area contributed by atoms with Crippen LogP contribution >= 0.6 is 0 Å². The fourth-order valence-electron chi connectivity index (χ4n) is 4.83. The van der Waals surface area contributed by atoms with E-state index in [-0.39, 0.29) is 17.6 Å². The number of hydrogen-bond donors (Lipinski definition) is 4. The number of primary amides is 1. The van der Waals surface area contributed by atoms with E-state index < -0.39 is 59.1 Å². The van der Waals surface area contributed by atoms with Crippen LogP contribution in [-0.2, 0) is 24.0 Å². The lowest BCUT2D eigenvalue weighted by molar-refractivity contribution is -0.143. The van der Waals surface area contributed by atoms with Crippen molar-refractivity contribution in [3.05, 3.63) is 0 Å². The Morgan fingerprint density at radius 1 is 0.897 bits per heavy atom. The fraction of sp³-hybridized carbons (Fsp3) is 0.786. The molecule has 0 aromatic rings. The summed E-state index contributed by atoms with van der Waals surface area (Å²) in [7, 11) is 0. The lowest BCUT2D eigenvalue weighted by Gasteiger charge is -2.36. The number of carbonyl (C=O) groups excluding carboxylic acids is 6. The maximum absolute atomic E-state index is 13.7. The van der Waals surface area contributed by atoms with Gasteiger partial charge in [-0.25, -0.2) is 4.79 Å². The molecule has 4 unspecified atom stereocenters. The first-order chi connectivity index (χ1) is 18.3. The highest BCUT2D eigenvalue weighted by atomic mass is 16.2. The maximum atomic E-state index is 13.7. The number of nitrogens with two attached hydrogens (primary N) is 1. The highest BCUT2D eigenvalue weighted by Gasteiger charge is 2.43. The molecule has 5 N–H and O–H groups in total. The zero-order valence-electron chi connectivity index (χ0n) is 24.3. The van der Waals surface area contributed by atoms with Gasteiger partial charge in [0.15, 0.2) is 5.78 Å². The monoisotopic (exact) mass is 549 g/mol. The van der Waals surface area contributed by atoms with E-state index >= 15 is 0 Å². The summed E-state index contributed by atoms with van der Waals surface area (Å²) in [5.74, 6) is -2.59. The SMILES string of the molecule is CC.CCC(NC(=O)NC(C(=O)N1CCCC1C(=O)NC(CC1CC1)C(=O)C(N)=O)C(C)(C)C)C(=O)C1CC1. The van der Waals surface area contributed by atoms with Crippen LogP contribution < -0.4 is 21.7 Å². The second-order valence-corrected chi connectivity index (χ2v) is 11.7. The number of likely N-dealkylation sites (tertiary alicyclic amines) is 1. The summed E-state index contributed by atoms with van der Waals surface area (Å²) < 4.78 is 0. The first kappa shape index (κ1) is 32.2. The molecule has 220 valence electrons. The topological polar surface area (TPSA) is 168 Å². The highest BCUT2D eigenvalue weighted by Crippen LogP contribution is 2.34. The Bertz CT molecular complexity index is 937. The van der Waals surface area contributed by atoms with Crippen molar-refractivity contribution in [2.75, 3.05) is 6.54 Å². The molecule has 1 saturated heterocycles. The highest BCUT2D eigenvalue weighted by molar-refractivity contribution is 6.37. The number of urea groups is 1. The van der Waals surface area contributed by atoms with Crippen molar-refractivity contribution in [1.29, 1.82) is 0 Å². The smallest absolute Gasteiger partial charge is 0.316 e.